The number of carbonyl (C=O) groups is 1. The summed E-state index contributed by atoms with van der Waals surface area (Å²) in [5.74, 6) is -2.86. The summed E-state index contributed by atoms with van der Waals surface area (Å²) in [6.07, 6.45) is -0.0900. The predicted molar refractivity (Wildman–Crippen MR) is 58.1 cm³/mol. The number of alkyl halides is 2. The highest BCUT2D eigenvalue weighted by Crippen LogP contribution is 2.37. The van der Waals surface area contributed by atoms with Crippen LogP contribution in [0.5, 0.6) is 0 Å². The van der Waals surface area contributed by atoms with E-state index in [1.165, 1.54) is 0 Å². The molecule has 2 heterocycles. The van der Waals surface area contributed by atoms with E-state index in [1.807, 2.05) is 0 Å². The maximum atomic E-state index is 13.6. The van der Waals surface area contributed by atoms with Crippen molar-refractivity contribution in [3.63, 3.8) is 0 Å². The molecular formula is C11H18F2N2O2. The Hall–Kier alpha value is -0.910. The molecular weight excluding hydrogens is 230 g/mol. The minimum atomic E-state index is -2.86. The molecule has 0 aromatic carbocycles. The molecule has 98 valence electrons. The number of amides is 1. The van der Waals surface area contributed by atoms with Crippen molar-refractivity contribution in [2.75, 3.05) is 13.1 Å². The summed E-state index contributed by atoms with van der Waals surface area (Å²) in [6.45, 7) is 5.14. The Kier molecular flexibility index (Phi) is 2.80. The number of halogens is 2. The fourth-order valence-electron chi connectivity index (χ4n) is 2.42. The fourth-order valence-corrected chi connectivity index (χ4v) is 2.42. The number of hydrogen-bond acceptors (Lipinski definition) is 3. The maximum absolute atomic E-state index is 13.6. The lowest BCUT2D eigenvalue weighted by Gasteiger charge is -2.27. The molecule has 0 aliphatic carbocycles. The number of rotatable bonds is 0. The second-order valence-electron chi connectivity index (χ2n) is 5.66. The minimum Gasteiger partial charge on any atom is -0.444 e. The molecule has 6 heteroatoms. The normalized spacial score (nSPS) is 31.5. The van der Waals surface area contributed by atoms with Crippen molar-refractivity contribution in [2.45, 2.75) is 50.8 Å². The summed E-state index contributed by atoms with van der Waals surface area (Å²) >= 11 is 0. The van der Waals surface area contributed by atoms with E-state index in [1.54, 1.807) is 20.8 Å². The van der Waals surface area contributed by atoms with Gasteiger partial charge in [0, 0.05) is 0 Å². The van der Waals surface area contributed by atoms with Crippen molar-refractivity contribution in [3.8, 4) is 0 Å². The molecule has 2 aliphatic rings. The van der Waals surface area contributed by atoms with Crippen molar-refractivity contribution in [2.24, 2.45) is 0 Å². The van der Waals surface area contributed by atoms with Gasteiger partial charge in [-0.15, -0.1) is 0 Å². The molecule has 2 unspecified atom stereocenters. The van der Waals surface area contributed by atoms with Gasteiger partial charge in [0.15, 0.2) is 0 Å². The van der Waals surface area contributed by atoms with E-state index in [4.69, 9.17) is 4.74 Å². The molecule has 4 nitrogen and oxygen atoms in total. The molecule has 1 N–H and O–H groups in total. The van der Waals surface area contributed by atoms with Crippen LogP contribution >= 0.6 is 0 Å². The number of fused-ring (bicyclic) bond motifs is 1. The third kappa shape index (κ3) is 2.36. The summed E-state index contributed by atoms with van der Waals surface area (Å²) in [7, 11) is 0. The fraction of sp³-hybridized carbons (Fsp3) is 0.909. The number of nitrogens with one attached hydrogen (secondary N) is 1. The van der Waals surface area contributed by atoms with Gasteiger partial charge in [-0.05, 0) is 33.7 Å². The average Bonchev–Trinajstić information content (AvgIpc) is 2.66. The molecule has 0 bridgehead atoms. The zero-order valence-corrected chi connectivity index (χ0v) is 10.3. The van der Waals surface area contributed by atoms with Crippen LogP contribution in [0.25, 0.3) is 0 Å². The first-order valence-electron chi connectivity index (χ1n) is 5.81. The van der Waals surface area contributed by atoms with Crippen LogP contribution in [-0.2, 0) is 4.74 Å². The van der Waals surface area contributed by atoms with E-state index in [0.717, 1.165) is 4.90 Å². The highest BCUT2D eigenvalue weighted by Gasteiger charge is 2.58. The zero-order valence-electron chi connectivity index (χ0n) is 10.3. The van der Waals surface area contributed by atoms with Gasteiger partial charge in [-0.1, -0.05) is 0 Å². The second kappa shape index (κ2) is 3.80. The molecule has 0 aromatic heterocycles. The molecule has 0 aromatic rings. The Morgan fingerprint density at radius 2 is 2.12 bits per heavy atom. The number of ether oxygens (including phenoxy) is 1. The van der Waals surface area contributed by atoms with Gasteiger partial charge in [-0.3, -0.25) is 4.90 Å². The largest absolute Gasteiger partial charge is 0.444 e. The first-order valence-corrected chi connectivity index (χ1v) is 5.81. The van der Waals surface area contributed by atoms with E-state index in [2.05, 4.69) is 5.32 Å². The lowest BCUT2D eigenvalue weighted by Crippen LogP contribution is -2.42. The minimum absolute atomic E-state index is 0.445. The quantitative estimate of drug-likeness (QED) is 0.708. The van der Waals surface area contributed by atoms with Crippen molar-refractivity contribution in [1.82, 2.24) is 10.2 Å². The summed E-state index contributed by atoms with van der Waals surface area (Å²) in [5.41, 5.74) is -0.656. The third-order valence-electron chi connectivity index (χ3n) is 3.05. The highest BCUT2D eigenvalue weighted by atomic mass is 19.3. The van der Waals surface area contributed by atoms with Gasteiger partial charge < -0.3 is 10.1 Å². The van der Waals surface area contributed by atoms with E-state index in [0.29, 0.717) is 13.0 Å². The van der Waals surface area contributed by atoms with Crippen molar-refractivity contribution >= 4 is 6.09 Å². The van der Waals surface area contributed by atoms with E-state index >= 15 is 0 Å². The first-order chi connectivity index (χ1) is 7.71. The molecule has 2 atom stereocenters. The molecule has 0 radical (unpaired) electrons. The molecule has 2 rings (SSSR count). The van der Waals surface area contributed by atoms with Gasteiger partial charge >= 0.3 is 6.09 Å². The topological polar surface area (TPSA) is 41.6 Å². The summed E-state index contributed by atoms with van der Waals surface area (Å²) in [5, 5.41) is 2.76. The van der Waals surface area contributed by atoms with Crippen LogP contribution in [0.1, 0.15) is 27.2 Å². The van der Waals surface area contributed by atoms with Crippen LogP contribution in [0.3, 0.4) is 0 Å². The standard InChI is InChI=1S/C11H18F2N2O2/c1-10(2,3)17-9(16)15-6-11(12,13)8-7(15)4-5-14-8/h7-8,14H,4-6H2,1-3H3. The molecule has 2 fully saturated rings. The van der Waals surface area contributed by atoms with Crippen molar-refractivity contribution in [3.05, 3.63) is 0 Å². The molecule has 0 saturated carbocycles. The smallest absolute Gasteiger partial charge is 0.410 e. The first kappa shape index (κ1) is 12.5. The van der Waals surface area contributed by atoms with Crippen LogP contribution in [0, 0.1) is 0 Å². The Labute approximate surface area is 99.3 Å². The van der Waals surface area contributed by atoms with E-state index < -0.39 is 36.2 Å². The van der Waals surface area contributed by atoms with Crippen LogP contribution < -0.4 is 5.32 Å². The molecule has 0 spiro atoms. The molecule has 2 aliphatic heterocycles. The van der Waals surface area contributed by atoms with Gasteiger partial charge in [-0.25, -0.2) is 13.6 Å². The third-order valence-corrected chi connectivity index (χ3v) is 3.05. The Morgan fingerprint density at radius 1 is 1.47 bits per heavy atom. The number of likely N-dealkylation sites (tertiary alicyclic amines) is 1. The van der Waals surface area contributed by atoms with Gasteiger partial charge in [-0.2, -0.15) is 0 Å². The number of hydrogen-bond donors (Lipinski definition) is 1. The highest BCUT2D eigenvalue weighted by molar-refractivity contribution is 5.69. The second-order valence-corrected chi connectivity index (χ2v) is 5.66. The monoisotopic (exact) mass is 248 g/mol. The summed E-state index contributed by atoms with van der Waals surface area (Å²) in [6, 6.07) is -1.37. The van der Waals surface area contributed by atoms with Crippen molar-refractivity contribution in [1.29, 1.82) is 0 Å². The average molecular weight is 248 g/mol. The van der Waals surface area contributed by atoms with Crippen molar-refractivity contribution < 1.29 is 18.3 Å². The molecule has 2 saturated heterocycles. The van der Waals surface area contributed by atoms with Crippen LogP contribution in [0.2, 0.25) is 0 Å². The van der Waals surface area contributed by atoms with Gasteiger partial charge in [0.2, 0.25) is 0 Å². The van der Waals surface area contributed by atoms with Gasteiger partial charge in [0.05, 0.1) is 18.6 Å². The SMILES string of the molecule is CC(C)(C)OC(=O)N1CC(F)(F)C2NCCC21. The van der Waals surface area contributed by atoms with Gasteiger partial charge in [0.1, 0.15) is 5.60 Å². The summed E-state index contributed by atoms with van der Waals surface area (Å²) in [4.78, 5) is 13.0. The number of nitrogens with zero attached hydrogens (tertiary/aromatic N) is 1. The lowest BCUT2D eigenvalue weighted by atomic mass is 10.1. The van der Waals surface area contributed by atoms with Crippen LogP contribution in [0.4, 0.5) is 13.6 Å². The van der Waals surface area contributed by atoms with Crippen LogP contribution in [-0.4, -0.2) is 47.7 Å². The summed E-state index contributed by atoms with van der Waals surface area (Å²) < 4.78 is 32.4. The van der Waals surface area contributed by atoms with Crippen LogP contribution in [0.15, 0.2) is 0 Å². The Balaban J connectivity index is 2.10. The Morgan fingerprint density at radius 3 is 2.71 bits per heavy atom. The van der Waals surface area contributed by atoms with E-state index in [9.17, 15) is 13.6 Å². The lowest BCUT2D eigenvalue weighted by molar-refractivity contribution is -0.0155. The maximum Gasteiger partial charge on any atom is 0.410 e. The zero-order chi connectivity index (χ0) is 12.8. The Bertz CT molecular complexity index is 328. The number of carbonyl (C=O) groups excluding carboxylic acids is 1. The van der Waals surface area contributed by atoms with E-state index in [-0.39, 0.29) is 0 Å². The van der Waals surface area contributed by atoms with Gasteiger partial charge in [0.25, 0.3) is 5.92 Å². The molecule has 17 heavy (non-hydrogen) atoms. The molecule has 1 amide bonds. The predicted octanol–water partition coefficient (Wildman–Crippen LogP) is 1.60.